The summed E-state index contributed by atoms with van der Waals surface area (Å²) in [6.07, 6.45) is 5.05. The Hall–Kier alpha value is -2.67. The molecule has 0 bridgehead atoms. The van der Waals surface area contributed by atoms with Crippen molar-refractivity contribution < 1.29 is 4.39 Å². The summed E-state index contributed by atoms with van der Waals surface area (Å²) in [6, 6.07) is 25.7. The van der Waals surface area contributed by atoms with Gasteiger partial charge in [0.05, 0.1) is 0 Å². The SMILES string of the molecule is Fc1ccccc1C1(c2ccccc2)C=Cc2ccccc2C1. The smallest absolute Gasteiger partial charge is 0.127 e. The van der Waals surface area contributed by atoms with E-state index in [0.717, 1.165) is 17.5 Å². The summed E-state index contributed by atoms with van der Waals surface area (Å²) in [5.41, 5.74) is 3.87. The van der Waals surface area contributed by atoms with Gasteiger partial charge in [-0.1, -0.05) is 84.9 Å². The summed E-state index contributed by atoms with van der Waals surface area (Å²) in [5.74, 6) is -0.152. The van der Waals surface area contributed by atoms with Gasteiger partial charge in [-0.3, -0.25) is 0 Å². The zero-order valence-electron chi connectivity index (χ0n) is 12.7. The van der Waals surface area contributed by atoms with Crippen LogP contribution in [0.5, 0.6) is 0 Å². The standard InChI is InChI=1S/C22H17F/c23-21-13-7-6-12-20(21)22(19-10-2-1-3-11-19)15-14-17-8-4-5-9-18(17)16-22/h1-15H,16H2. The van der Waals surface area contributed by atoms with Gasteiger partial charge in [-0.15, -0.1) is 0 Å². The van der Waals surface area contributed by atoms with E-state index in [4.69, 9.17) is 0 Å². The van der Waals surface area contributed by atoms with Crippen LogP contribution in [-0.2, 0) is 11.8 Å². The highest BCUT2D eigenvalue weighted by atomic mass is 19.1. The predicted molar refractivity (Wildman–Crippen MR) is 92.8 cm³/mol. The maximum absolute atomic E-state index is 14.6. The highest BCUT2D eigenvalue weighted by Gasteiger charge is 2.36. The Morgan fingerprint density at radius 3 is 2.26 bits per heavy atom. The second kappa shape index (κ2) is 5.51. The van der Waals surface area contributed by atoms with E-state index in [1.54, 1.807) is 12.1 Å². The molecule has 0 spiro atoms. The molecule has 1 aliphatic rings. The average Bonchev–Trinajstić information content (AvgIpc) is 2.62. The van der Waals surface area contributed by atoms with Gasteiger partial charge in [0.25, 0.3) is 0 Å². The van der Waals surface area contributed by atoms with Gasteiger partial charge in [0, 0.05) is 11.0 Å². The highest BCUT2D eigenvalue weighted by molar-refractivity contribution is 5.64. The fourth-order valence-corrected chi connectivity index (χ4v) is 3.55. The minimum atomic E-state index is -0.457. The molecule has 4 rings (SSSR count). The number of allylic oxidation sites excluding steroid dienone is 1. The number of hydrogen-bond donors (Lipinski definition) is 0. The lowest BCUT2D eigenvalue weighted by Crippen LogP contribution is -2.31. The van der Waals surface area contributed by atoms with E-state index in [9.17, 15) is 4.39 Å². The van der Waals surface area contributed by atoms with Crippen LogP contribution in [0.3, 0.4) is 0 Å². The molecule has 0 aliphatic heterocycles. The van der Waals surface area contributed by atoms with E-state index in [1.165, 1.54) is 11.1 Å². The molecule has 3 aromatic carbocycles. The van der Waals surface area contributed by atoms with Crippen molar-refractivity contribution in [3.8, 4) is 0 Å². The van der Waals surface area contributed by atoms with E-state index < -0.39 is 5.41 Å². The third-order valence-corrected chi connectivity index (χ3v) is 4.72. The molecule has 0 N–H and O–H groups in total. The molecule has 0 saturated carbocycles. The van der Waals surface area contributed by atoms with Gasteiger partial charge in [-0.05, 0) is 29.2 Å². The van der Waals surface area contributed by atoms with Crippen molar-refractivity contribution in [2.75, 3.05) is 0 Å². The summed E-state index contributed by atoms with van der Waals surface area (Å²) in [6.45, 7) is 0. The van der Waals surface area contributed by atoms with Crippen molar-refractivity contribution in [2.24, 2.45) is 0 Å². The van der Waals surface area contributed by atoms with Crippen LogP contribution in [0.4, 0.5) is 4.39 Å². The monoisotopic (exact) mass is 300 g/mol. The van der Waals surface area contributed by atoms with Gasteiger partial charge in [-0.25, -0.2) is 4.39 Å². The topological polar surface area (TPSA) is 0 Å². The Morgan fingerprint density at radius 1 is 0.739 bits per heavy atom. The molecule has 1 aliphatic carbocycles. The van der Waals surface area contributed by atoms with Crippen LogP contribution in [0.15, 0.2) is 84.9 Å². The zero-order valence-corrected chi connectivity index (χ0v) is 12.7. The molecule has 0 aromatic heterocycles. The first kappa shape index (κ1) is 14.0. The van der Waals surface area contributed by atoms with Gasteiger partial charge in [0.15, 0.2) is 0 Å². The molecule has 0 nitrogen and oxygen atoms in total. The van der Waals surface area contributed by atoms with E-state index in [-0.39, 0.29) is 5.82 Å². The number of benzene rings is 3. The fraction of sp³-hybridized carbons (Fsp3) is 0.0909. The molecular formula is C22H17F. The van der Waals surface area contributed by atoms with Crippen molar-refractivity contribution in [1.82, 2.24) is 0 Å². The summed E-state index contributed by atoms with van der Waals surface area (Å²) in [7, 11) is 0. The molecule has 0 radical (unpaired) electrons. The van der Waals surface area contributed by atoms with Gasteiger partial charge in [0.1, 0.15) is 5.82 Å². The molecular weight excluding hydrogens is 283 g/mol. The second-order valence-corrected chi connectivity index (χ2v) is 6.03. The van der Waals surface area contributed by atoms with Crippen molar-refractivity contribution in [1.29, 1.82) is 0 Å². The van der Waals surface area contributed by atoms with Crippen LogP contribution in [0, 0.1) is 5.82 Å². The van der Waals surface area contributed by atoms with Crippen LogP contribution >= 0.6 is 0 Å². The predicted octanol–water partition coefficient (Wildman–Crippen LogP) is 5.38. The third-order valence-electron chi connectivity index (χ3n) is 4.72. The van der Waals surface area contributed by atoms with Crippen molar-refractivity contribution in [3.63, 3.8) is 0 Å². The Labute approximate surface area is 135 Å². The van der Waals surface area contributed by atoms with Gasteiger partial charge in [0.2, 0.25) is 0 Å². The zero-order chi connectivity index (χ0) is 15.7. The Bertz CT molecular complexity index is 864. The Balaban J connectivity index is 1.96. The van der Waals surface area contributed by atoms with Crippen LogP contribution in [-0.4, -0.2) is 0 Å². The van der Waals surface area contributed by atoms with Crippen LogP contribution in [0.1, 0.15) is 22.3 Å². The normalized spacial score (nSPS) is 19.3. The third kappa shape index (κ3) is 2.29. The maximum atomic E-state index is 14.6. The number of rotatable bonds is 2. The highest BCUT2D eigenvalue weighted by Crippen LogP contribution is 2.42. The molecule has 23 heavy (non-hydrogen) atoms. The van der Waals surface area contributed by atoms with Crippen molar-refractivity contribution in [2.45, 2.75) is 11.8 Å². The molecule has 0 saturated heterocycles. The fourth-order valence-electron chi connectivity index (χ4n) is 3.55. The Kier molecular flexibility index (Phi) is 3.34. The lowest BCUT2D eigenvalue weighted by molar-refractivity contribution is 0.548. The first-order valence-electron chi connectivity index (χ1n) is 7.87. The lowest BCUT2D eigenvalue weighted by atomic mass is 9.67. The molecule has 0 fully saturated rings. The van der Waals surface area contributed by atoms with Crippen molar-refractivity contribution in [3.05, 3.63) is 113 Å². The molecule has 112 valence electrons. The van der Waals surface area contributed by atoms with Gasteiger partial charge in [-0.2, -0.15) is 0 Å². The molecule has 1 atom stereocenters. The van der Waals surface area contributed by atoms with Crippen LogP contribution < -0.4 is 0 Å². The minimum Gasteiger partial charge on any atom is -0.207 e. The van der Waals surface area contributed by atoms with E-state index in [1.807, 2.05) is 36.4 Å². The molecule has 1 heteroatoms. The largest absolute Gasteiger partial charge is 0.207 e. The van der Waals surface area contributed by atoms with Crippen molar-refractivity contribution >= 4 is 6.08 Å². The molecule has 0 amide bonds. The molecule has 0 heterocycles. The van der Waals surface area contributed by atoms with Gasteiger partial charge >= 0.3 is 0 Å². The first-order valence-corrected chi connectivity index (χ1v) is 7.87. The average molecular weight is 300 g/mol. The minimum absolute atomic E-state index is 0.152. The molecule has 1 unspecified atom stereocenters. The number of fused-ring (bicyclic) bond motifs is 1. The second-order valence-electron chi connectivity index (χ2n) is 6.03. The van der Waals surface area contributed by atoms with Crippen LogP contribution in [0.25, 0.3) is 6.08 Å². The number of halogens is 1. The van der Waals surface area contributed by atoms with Gasteiger partial charge < -0.3 is 0 Å². The summed E-state index contributed by atoms with van der Waals surface area (Å²) < 4.78 is 14.6. The first-order chi connectivity index (χ1) is 11.3. The summed E-state index contributed by atoms with van der Waals surface area (Å²) >= 11 is 0. The Morgan fingerprint density at radius 2 is 1.43 bits per heavy atom. The summed E-state index contributed by atoms with van der Waals surface area (Å²) in [4.78, 5) is 0. The summed E-state index contributed by atoms with van der Waals surface area (Å²) in [5, 5.41) is 0. The van der Waals surface area contributed by atoms with E-state index in [2.05, 4.69) is 42.5 Å². The van der Waals surface area contributed by atoms with Crippen LogP contribution in [0.2, 0.25) is 0 Å². The quantitative estimate of drug-likeness (QED) is 0.596. The maximum Gasteiger partial charge on any atom is 0.127 e. The number of hydrogen-bond acceptors (Lipinski definition) is 0. The van der Waals surface area contributed by atoms with E-state index >= 15 is 0 Å². The lowest BCUT2D eigenvalue weighted by Gasteiger charge is -2.35. The molecule has 3 aromatic rings. The van der Waals surface area contributed by atoms with E-state index in [0.29, 0.717) is 0 Å².